The Morgan fingerprint density at radius 1 is 1.00 bits per heavy atom. The zero-order valence-electron chi connectivity index (χ0n) is 14.1. The largest absolute Gasteiger partial charge is 0.497 e. The van der Waals surface area contributed by atoms with E-state index >= 15 is 0 Å². The minimum Gasteiger partial charge on any atom is -0.497 e. The Labute approximate surface area is 147 Å². The number of aryl methyl sites for hydroxylation is 1. The minimum atomic E-state index is -3.56. The van der Waals surface area contributed by atoms with Crippen molar-refractivity contribution < 1.29 is 13.2 Å². The fraction of sp³-hybridized carbons (Fsp3) is 0.263. The van der Waals surface area contributed by atoms with E-state index in [0.29, 0.717) is 18.8 Å². The molecule has 0 spiro atoms. The van der Waals surface area contributed by atoms with Gasteiger partial charge in [-0.05, 0) is 36.1 Å². The summed E-state index contributed by atoms with van der Waals surface area (Å²) in [4.78, 5) is 0.274. The zero-order valence-corrected chi connectivity index (χ0v) is 14.9. The Kier molecular flexibility index (Phi) is 4.01. The molecular weight excluding hydrogens is 336 g/mol. The SMILES string of the molecule is COc1cccc(S(=O)(=O)N2CCCn3c(cc4ccccc43)C2)c1. The van der Waals surface area contributed by atoms with E-state index in [4.69, 9.17) is 4.74 Å². The number of benzene rings is 2. The molecule has 3 aromatic rings. The van der Waals surface area contributed by atoms with E-state index < -0.39 is 10.0 Å². The van der Waals surface area contributed by atoms with Crippen molar-refractivity contribution in [2.45, 2.75) is 24.4 Å². The maximum atomic E-state index is 13.1. The molecule has 0 N–H and O–H groups in total. The lowest BCUT2D eigenvalue weighted by Gasteiger charge is -2.20. The van der Waals surface area contributed by atoms with Gasteiger partial charge in [0.2, 0.25) is 10.0 Å². The van der Waals surface area contributed by atoms with E-state index in [-0.39, 0.29) is 4.90 Å². The first kappa shape index (κ1) is 16.2. The number of fused-ring (bicyclic) bond motifs is 3. The maximum absolute atomic E-state index is 13.1. The van der Waals surface area contributed by atoms with Crippen LogP contribution in [0.3, 0.4) is 0 Å². The summed E-state index contributed by atoms with van der Waals surface area (Å²) in [6, 6.07) is 16.9. The first-order valence-electron chi connectivity index (χ1n) is 8.31. The van der Waals surface area contributed by atoms with Crippen LogP contribution < -0.4 is 4.74 Å². The van der Waals surface area contributed by atoms with Crippen LogP contribution in [0.15, 0.2) is 59.5 Å². The molecule has 1 aromatic heterocycles. The molecule has 2 aromatic carbocycles. The maximum Gasteiger partial charge on any atom is 0.243 e. The average molecular weight is 356 g/mol. The van der Waals surface area contributed by atoms with Gasteiger partial charge in [0, 0.05) is 30.4 Å². The van der Waals surface area contributed by atoms with Crippen LogP contribution in [0.2, 0.25) is 0 Å². The molecule has 0 atom stereocenters. The standard InChI is InChI=1S/C19H20N2O3S/c1-24-17-7-4-8-18(13-17)25(22,23)20-10-5-11-21-16(14-20)12-15-6-2-3-9-19(15)21/h2-4,6-9,12-13H,5,10-11,14H2,1H3. The minimum absolute atomic E-state index is 0.274. The van der Waals surface area contributed by atoms with Gasteiger partial charge in [-0.2, -0.15) is 4.31 Å². The van der Waals surface area contributed by atoms with Crippen LogP contribution in [0, 0.1) is 0 Å². The van der Waals surface area contributed by atoms with E-state index in [1.165, 1.54) is 7.11 Å². The van der Waals surface area contributed by atoms with Gasteiger partial charge in [0.25, 0.3) is 0 Å². The van der Waals surface area contributed by atoms with Gasteiger partial charge in [-0.3, -0.25) is 0 Å². The summed E-state index contributed by atoms with van der Waals surface area (Å²) in [5, 5.41) is 1.15. The lowest BCUT2D eigenvalue weighted by atomic mass is 10.2. The second-order valence-corrected chi connectivity index (χ2v) is 8.16. The number of nitrogens with zero attached hydrogens (tertiary/aromatic N) is 2. The molecule has 2 heterocycles. The van der Waals surface area contributed by atoms with E-state index in [1.807, 2.05) is 12.1 Å². The molecule has 0 unspecified atom stereocenters. The molecule has 0 saturated carbocycles. The van der Waals surface area contributed by atoms with Crippen molar-refractivity contribution in [1.29, 1.82) is 0 Å². The molecule has 5 nitrogen and oxygen atoms in total. The van der Waals surface area contributed by atoms with Gasteiger partial charge in [0.1, 0.15) is 5.75 Å². The topological polar surface area (TPSA) is 51.5 Å². The number of sulfonamides is 1. The number of para-hydroxylation sites is 1. The predicted molar refractivity (Wildman–Crippen MR) is 97.1 cm³/mol. The molecule has 130 valence electrons. The van der Waals surface area contributed by atoms with Crippen molar-refractivity contribution in [3.05, 3.63) is 60.3 Å². The van der Waals surface area contributed by atoms with Crippen LogP contribution in [-0.4, -0.2) is 30.9 Å². The number of hydrogen-bond donors (Lipinski definition) is 0. The summed E-state index contributed by atoms with van der Waals surface area (Å²) in [7, 11) is -2.02. The highest BCUT2D eigenvalue weighted by atomic mass is 32.2. The zero-order chi connectivity index (χ0) is 17.4. The first-order chi connectivity index (χ1) is 12.1. The monoisotopic (exact) mass is 356 g/mol. The van der Waals surface area contributed by atoms with Crippen LogP contribution in [-0.2, 0) is 23.1 Å². The van der Waals surface area contributed by atoms with E-state index in [0.717, 1.165) is 29.6 Å². The highest BCUT2D eigenvalue weighted by molar-refractivity contribution is 7.89. The molecule has 25 heavy (non-hydrogen) atoms. The van der Waals surface area contributed by atoms with Gasteiger partial charge in [-0.1, -0.05) is 24.3 Å². The Morgan fingerprint density at radius 3 is 2.68 bits per heavy atom. The fourth-order valence-corrected chi connectivity index (χ4v) is 4.93. The number of ether oxygens (including phenoxy) is 1. The molecule has 0 saturated heterocycles. The molecule has 0 radical (unpaired) electrons. The molecule has 6 heteroatoms. The van der Waals surface area contributed by atoms with Gasteiger partial charge < -0.3 is 9.30 Å². The number of hydrogen-bond acceptors (Lipinski definition) is 3. The molecule has 4 rings (SSSR count). The third-order valence-electron chi connectivity index (χ3n) is 4.70. The highest BCUT2D eigenvalue weighted by Gasteiger charge is 2.28. The van der Waals surface area contributed by atoms with Crippen molar-refractivity contribution >= 4 is 20.9 Å². The van der Waals surface area contributed by atoms with Crippen molar-refractivity contribution in [1.82, 2.24) is 8.87 Å². The summed E-state index contributed by atoms with van der Waals surface area (Å²) >= 11 is 0. The number of aromatic nitrogens is 1. The Morgan fingerprint density at radius 2 is 1.84 bits per heavy atom. The molecule has 1 aliphatic heterocycles. The van der Waals surface area contributed by atoms with Crippen molar-refractivity contribution in [3.8, 4) is 5.75 Å². The molecule has 0 bridgehead atoms. The van der Waals surface area contributed by atoms with Crippen LogP contribution >= 0.6 is 0 Å². The summed E-state index contributed by atoms with van der Waals surface area (Å²) in [5.41, 5.74) is 2.20. The number of rotatable bonds is 3. The van der Waals surface area contributed by atoms with Crippen LogP contribution in [0.5, 0.6) is 5.75 Å². The smallest absolute Gasteiger partial charge is 0.243 e. The van der Waals surface area contributed by atoms with Gasteiger partial charge in [-0.15, -0.1) is 0 Å². The van der Waals surface area contributed by atoms with Gasteiger partial charge in [0.15, 0.2) is 0 Å². The average Bonchev–Trinajstić information content (AvgIpc) is 2.84. The summed E-state index contributed by atoms with van der Waals surface area (Å²) < 4.78 is 35.2. The van der Waals surface area contributed by atoms with Gasteiger partial charge in [-0.25, -0.2) is 8.42 Å². The summed E-state index contributed by atoms with van der Waals surface area (Å²) in [6.45, 7) is 1.72. The van der Waals surface area contributed by atoms with E-state index in [2.05, 4.69) is 22.8 Å². The highest BCUT2D eigenvalue weighted by Crippen LogP contribution is 2.28. The predicted octanol–water partition coefficient (Wildman–Crippen LogP) is 3.24. The molecule has 1 aliphatic rings. The molecule has 0 aliphatic carbocycles. The van der Waals surface area contributed by atoms with Crippen molar-refractivity contribution in [2.24, 2.45) is 0 Å². The Balaban J connectivity index is 1.73. The lowest BCUT2D eigenvalue weighted by Crippen LogP contribution is -2.30. The third kappa shape index (κ3) is 2.81. The Bertz CT molecular complexity index is 1020. The van der Waals surface area contributed by atoms with Crippen molar-refractivity contribution in [2.75, 3.05) is 13.7 Å². The quantitative estimate of drug-likeness (QED) is 0.724. The first-order valence-corrected chi connectivity index (χ1v) is 9.75. The third-order valence-corrected chi connectivity index (χ3v) is 6.54. The fourth-order valence-electron chi connectivity index (χ4n) is 3.44. The summed E-state index contributed by atoms with van der Waals surface area (Å²) in [5.74, 6) is 0.546. The summed E-state index contributed by atoms with van der Waals surface area (Å²) in [6.07, 6.45) is 0.787. The normalized spacial score (nSPS) is 15.7. The molecule has 0 fully saturated rings. The molecule has 0 amide bonds. The number of methoxy groups -OCH3 is 1. The molecular formula is C19H20N2O3S. The van der Waals surface area contributed by atoms with E-state index in [9.17, 15) is 8.42 Å². The lowest BCUT2D eigenvalue weighted by molar-refractivity contribution is 0.404. The van der Waals surface area contributed by atoms with E-state index in [1.54, 1.807) is 28.6 Å². The van der Waals surface area contributed by atoms with Crippen molar-refractivity contribution in [3.63, 3.8) is 0 Å². The second-order valence-electron chi connectivity index (χ2n) is 6.22. The van der Waals surface area contributed by atoms with Gasteiger partial charge >= 0.3 is 0 Å². The second kappa shape index (κ2) is 6.20. The van der Waals surface area contributed by atoms with Crippen LogP contribution in [0.25, 0.3) is 10.9 Å². The Hall–Kier alpha value is -2.31. The van der Waals surface area contributed by atoms with Crippen LogP contribution in [0.1, 0.15) is 12.1 Å². The van der Waals surface area contributed by atoms with Gasteiger partial charge in [0.05, 0.1) is 18.6 Å². The van der Waals surface area contributed by atoms with Crippen LogP contribution in [0.4, 0.5) is 0 Å².